The maximum absolute atomic E-state index is 11.9. The normalized spacial score (nSPS) is 11.5. The van der Waals surface area contributed by atoms with Crippen molar-refractivity contribution in [3.63, 3.8) is 0 Å². The highest BCUT2D eigenvalue weighted by atomic mass is 32.2. The first-order chi connectivity index (χ1) is 11.8. The molecule has 1 aromatic rings. The number of hydrogen-bond acceptors (Lipinski definition) is 4. The maximum Gasteiger partial charge on any atom is 0.224 e. The molecule has 0 radical (unpaired) electrons. The molecule has 1 amide bonds. The number of sulfonamides is 1. The highest BCUT2D eigenvalue weighted by Crippen LogP contribution is 2.16. The minimum Gasteiger partial charge on any atom is -0.494 e. The van der Waals surface area contributed by atoms with Crippen molar-refractivity contribution in [3.8, 4) is 5.75 Å². The predicted molar refractivity (Wildman–Crippen MR) is 101 cm³/mol. The molecule has 142 valence electrons. The van der Waals surface area contributed by atoms with Crippen LogP contribution in [0.1, 0.15) is 52.9 Å². The minimum absolute atomic E-state index is 0.0774. The van der Waals surface area contributed by atoms with E-state index in [1.54, 1.807) is 13.8 Å². The van der Waals surface area contributed by atoms with E-state index in [0.29, 0.717) is 32.4 Å². The second-order valence-corrected chi connectivity index (χ2v) is 8.54. The van der Waals surface area contributed by atoms with Gasteiger partial charge in [-0.25, -0.2) is 13.1 Å². The van der Waals surface area contributed by atoms with Gasteiger partial charge in [0.25, 0.3) is 0 Å². The average Bonchev–Trinajstić information content (AvgIpc) is 2.56. The van der Waals surface area contributed by atoms with Gasteiger partial charge in [-0.3, -0.25) is 4.79 Å². The lowest BCUT2D eigenvalue weighted by atomic mass is 10.2. The first-order valence-electron chi connectivity index (χ1n) is 8.86. The molecule has 6 nitrogen and oxygen atoms in total. The Morgan fingerprint density at radius 2 is 1.80 bits per heavy atom. The van der Waals surface area contributed by atoms with Gasteiger partial charge in [0.2, 0.25) is 15.9 Å². The fourth-order valence-corrected chi connectivity index (χ4v) is 2.75. The van der Waals surface area contributed by atoms with Crippen molar-refractivity contribution in [2.75, 3.05) is 18.5 Å². The van der Waals surface area contributed by atoms with E-state index in [0.717, 1.165) is 24.3 Å². The molecule has 0 aromatic heterocycles. The maximum atomic E-state index is 11.9. The number of nitrogens with one attached hydrogen (secondary N) is 2. The zero-order valence-corrected chi connectivity index (χ0v) is 16.2. The van der Waals surface area contributed by atoms with Crippen LogP contribution in [0.4, 0.5) is 5.69 Å². The van der Waals surface area contributed by atoms with Gasteiger partial charge >= 0.3 is 0 Å². The van der Waals surface area contributed by atoms with E-state index >= 15 is 0 Å². The molecule has 1 rings (SSSR count). The number of ether oxygens (including phenoxy) is 1. The summed E-state index contributed by atoms with van der Waals surface area (Å²) in [5.74, 6) is 0.718. The van der Waals surface area contributed by atoms with E-state index in [-0.39, 0.29) is 5.91 Å². The molecule has 0 heterocycles. The van der Waals surface area contributed by atoms with E-state index in [1.165, 1.54) is 0 Å². The third-order valence-electron chi connectivity index (χ3n) is 3.66. The standard InChI is InChI=1S/C18H30N2O4S/c1-4-5-14-24-17-11-9-16(10-12-17)20-18(21)8-6-7-13-19-25(22,23)15(2)3/h9-12,15,19H,4-8,13-14H2,1-3H3,(H,20,21). The Morgan fingerprint density at radius 1 is 1.12 bits per heavy atom. The molecule has 0 saturated carbocycles. The van der Waals surface area contributed by atoms with Gasteiger partial charge in [-0.05, 0) is 57.4 Å². The van der Waals surface area contributed by atoms with Gasteiger partial charge in [0.1, 0.15) is 5.75 Å². The van der Waals surface area contributed by atoms with Crippen LogP contribution < -0.4 is 14.8 Å². The van der Waals surface area contributed by atoms with E-state index in [4.69, 9.17) is 4.74 Å². The van der Waals surface area contributed by atoms with E-state index in [1.807, 2.05) is 24.3 Å². The summed E-state index contributed by atoms with van der Waals surface area (Å²) in [4.78, 5) is 11.9. The first kappa shape index (κ1) is 21.4. The number of rotatable bonds is 12. The van der Waals surface area contributed by atoms with Gasteiger partial charge in [0.15, 0.2) is 0 Å². The van der Waals surface area contributed by atoms with Crippen LogP contribution in [0.15, 0.2) is 24.3 Å². The van der Waals surface area contributed by atoms with Crippen molar-refractivity contribution < 1.29 is 17.9 Å². The Kier molecular flexibility index (Phi) is 9.52. The summed E-state index contributed by atoms with van der Waals surface area (Å²) in [5, 5.41) is 2.39. The molecule has 0 spiro atoms. The van der Waals surface area contributed by atoms with Crippen molar-refractivity contribution in [1.29, 1.82) is 0 Å². The molecule has 0 saturated heterocycles. The van der Waals surface area contributed by atoms with Crippen molar-refractivity contribution in [3.05, 3.63) is 24.3 Å². The van der Waals surface area contributed by atoms with E-state index in [2.05, 4.69) is 17.0 Å². The second-order valence-electron chi connectivity index (χ2n) is 6.22. The predicted octanol–water partition coefficient (Wildman–Crippen LogP) is 3.30. The summed E-state index contributed by atoms with van der Waals surface area (Å²) in [6.45, 7) is 6.44. The third kappa shape index (κ3) is 8.88. The van der Waals surface area contributed by atoms with Gasteiger partial charge in [-0.2, -0.15) is 0 Å². The fourth-order valence-electron chi connectivity index (χ4n) is 1.98. The average molecular weight is 371 g/mol. The number of amides is 1. The van der Waals surface area contributed by atoms with Crippen LogP contribution >= 0.6 is 0 Å². The highest BCUT2D eigenvalue weighted by Gasteiger charge is 2.14. The van der Waals surface area contributed by atoms with Crippen molar-refractivity contribution in [1.82, 2.24) is 4.72 Å². The molecule has 1 aromatic carbocycles. The Labute approximate surface area is 151 Å². The Balaban J connectivity index is 2.24. The van der Waals surface area contributed by atoms with Crippen molar-refractivity contribution in [2.24, 2.45) is 0 Å². The van der Waals surface area contributed by atoms with Gasteiger partial charge in [-0.1, -0.05) is 13.3 Å². The molecule has 0 atom stereocenters. The lowest BCUT2D eigenvalue weighted by Gasteiger charge is -2.09. The van der Waals surface area contributed by atoms with Gasteiger partial charge in [0, 0.05) is 18.7 Å². The summed E-state index contributed by atoms with van der Waals surface area (Å²) >= 11 is 0. The fraction of sp³-hybridized carbons (Fsp3) is 0.611. The summed E-state index contributed by atoms with van der Waals surface area (Å²) < 4.78 is 31.3. The summed E-state index contributed by atoms with van der Waals surface area (Å²) in [6.07, 6.45) is 3.73. The van der Waals surface area contributed by atoms with Crippen molar-refractivity contribution in [2.45, 2.75) is 58.1 Å². The van der Waals surface area contributed by atoms with Crippen LogP contribution in [-0.4, -0.2) is 32.7 Å². The number of unbranched alkanes of at least 4 members (excludes halogenated alkanes) is 2. The summed E-state index contributed by atoms with van der Waals surface area (Å²) in [5.41, 5.74) is 0.730. The molecule has 0 fully saturated rings. The Bertz CT molecular complexity index is 612. The molecule has 0 aliphatic carbocycles. The van der Waals surface area contributed by atoms with E-state index < -0.39 is 15.3 Å². The first-order valence-corrected chi connectivity index (χ1v) is 10.4. The second kappa shape index (κ2) is 11.1. The lowest BCUT2D eigenvalue weighted by Crippen LogP contribution is -2.31. The topological polar surface area (TPSA) is 84.5 Å². The SMILES string of the molecule is CCCCOc1ccc(NC(=O)CCCCNS(=O)(=O)C(C)C)cc1. The van der Waals surface area contributed by atoms with Crippen LogP contribution in [0.25, 0.3) is 0 Å². The zero-order chi connectivity index (χ0) is 18.7. The summed E-state index contributed by atoms with van der Waals surface area (Å²) in [6, 6.07) is 7.31. The highest BCUT2D eigenvalue weighted by molar-refractivity contribution is 7.90. The van der Waals surface area contributed by atoms with Crippen LogP contribution in [-0.2, 0) is 14.8 Å². The number of carbonyl (C=O) groups is 1. The molecule has 0 bridgehead atoms. The number of carbonyl (C=O) groups excluding carboxylic acids is 1. The van der Waals surface area contributed by atoms with Gasteiger partial charge < -0.3 is 10.1 Å². The Morgan fingerprint density at radius 3 is 2.40 bits per heavy atom. The number of benzene rings is 1. The van der Waals surface area contributed by atoms with Crippen LogP contribution in [0, 0.1) is 0 Å². The molecule has 25 heavy (non-hydrogen) atoms. The Hall–Kier alpha value is -1.60. The molecular formula is C18H30N2O4S. The molecular weight excluding hydrogens is 340 g/mol. The van der Waals surface area contributed by atoms with Crippen LogP contribution in [0.2, 0.25) is 0 Å². The van der Waals surface area contributed by atoms with Crippen molar-refractivity contribution >= 4 is 21.6 Å². The quantitative estimate of drug-likeness (QED) is 0.553. The monoisotopic (exact) mass is 370 g/mol. The van der Waals surface area contributed by atoms with Gasteiger partial charge in [0.05, 0.1) is 11.9 Å². The zero-order valence-electron chi connectivity index (χ0n) is 15.4. The molecule has 2 N–H and O–H groups in total. The van der Waals surface area contributed by atoms with Gasteiger partial charge in [-0.15, -0.1) is 0 Å². The third-order valence-corrected chi connectivity index (χ3v) is 5.51. The number of anilines is 1. The molecule has 0 aliphatic heterocycles. The minimum atomic E-state index is -3.22. The van der Waals surface area contributed by atoms with Crippen LogP contribution in [0.5, 0.6) is 5.75 Å². The molecule has 7 heteroatoms. The molecule has 0 unspecified atom stereocenters. The smallest absolute Gasteiger partial charge is 0.224 e. The van der Waals surface area contributed by atoms with E-state index in [9.17, 15) is 13.2 Å². The largest absolute Gasteiger partial charge is 0.494 e. The number of hydrogen-bond donors (Lipinski definition) is 2. The van der Waals surface area contributed by atoms with Crippen LogP contribution in [0.3, 0.4) is 0 Å². The molecule has 0 aliphatic rings. The lowest BCUT2D eigenvalue weighted by molar-refractivity contribution is -0.116. The summed E-state index contributed by atoms with van der Waals surface area (Å²) in [7, 11) is -3.22.